The van der Waals surface area contributed by atoms with E-state index in [0.717, 1.165) is 6.07 Å². The number of nitrogens with zero attached hydrogens (tertiary/aromatic N) is 5. The van der Waals surface area contributed by atoms with Crippen LogP contribution in [0.3, 0.4) is 0 Å². The number of primary amides is 2. The van der Waals surface area contributed by atoms with Crippen LogP contribution in [-0.4, -0.2) is 50.8 Å². The number of carboxylic acids is 1. The predicted molar refractivity (Wildman–Crippen MR) is 144 cm³/mol. The molecule has 42 heavy (non-hydrogen) atoms. The number of rotatable bonds is 12. The van der Waals surface area contributed by atoms with Gasteiger partial charge in [0.05, 0.1) is 27.8 Å². The molecule has 1 aliphatic heterocycles. The normalized spacial score (nSPS) is 15.1. The first-order chi connectivity index (χ1) is 19.8. The van der Waals surface area contributed by atoms with Gasteiger partial charge in [-0.25, -0.2) is 20.8 Å². The van der Waals surface area contributed by atoms with Crippen molar-refractivity contribution in [2.24, 2.45) is 44.7 Å². The fourth-order valence-corrected chi connectivity index (χ4v) is 3.75. The maximum Gasteiger partial charge on any atom is 0.352 e. The minimum absolute atomic E-state index is 0.0587. The van der Waals surface area contributed by atoms with Gasteiger partial charge in [0.1, 0.15) is 23.1 Å². The molecule has 11 N–H and O–H groups in total. The first-order valence-electron chi connectivity index (χ1n) is 11.7. The lowest BCUT2D eigenvalue weighted by molar-refractivity contribution is -0.420. The third kappa shape index (κ3) is 7.04. The zero-order chi connectivity index (χ0) is 31.1. The molecule has 0 spiro atoms. The number of amides is 2. The number of allylic oxidation sites excluding steroid dienone is 1. The summed E-state index contributed by atoms with van der Waals surface area (Å²) in [7, 11) is 0. The maximum absolute atomic E-state index is 12.3. The highest BCUT2D eigenvalue weighted by molar-refractivity contribution is 6.10. The Balaban J connectivity index is 2.19. The van der Waals surface area contributed by atoms with E-state index in [2.05, 4.69) is 9.98 Å². The van der Waals surface area contributed by atoms with Crippen LogP contribution < -0.4 is 38.3 Å². The highest BCUT2D eigenvalue weighted by atomic mass is 16.6. The van der Waals surface area contributed by atoms with Crippen LogP contribution in [0.25, 0.3) is 0 Å². The summed E-state index contributed by atoms with van der Waals surface area (Å²) in [6.07, 6.45) is -2.58. The fraction of sp³-hybridized carbons (Fsp3) is 0.167. The van der Waals surface area contributed by atoms with Gasteiger partial charge in [0, 0.05) is 12.5 Å². The molecule has 2 aromatic rings. The summed E-state index contributed by atoms with van der Waals surface area (Å²) >= 11 is 0. The average Bonchev–Trinajstić information content (AvgIpc) is 2.90. The molecule has 0 saturated carbocycles. The quantitative estimate of drug-likeness (QED) is 0.0598. The first-order valence-corrected chi connectivity index (χ1v) is 11.7. The number of aliphatic carboxylic acids is 1. The van der Waals surface area contributed by atoms with E-state index in [4.69, 9.17) is 38.3 Å². The smallest absolute Gasteiger partial charge is 0.352 e. The van der Waals surface area contributed by atoms with Crippen molar-refractivity contribution < 1.29 is 33.9 Å². The SMILES string of the molecule is N#Cc1ccc(OC2=C([N+](=O)[O-])C(C(CCC(N)=O)C(=O)O)=NC(Oc3cccc(N=C(N)N)c3)N2N)cc1C(N)=O. The lowest BCUT2D eigenvalue weighted by Gasteiger charge is -2.32. The average molecular weight is 581 g/mol. The third-order valence-electron chi connectivity index (χ3n) is 5.57. The van der Waals surface area contributed by atoms with E-state index < -0.39 is 65.1 Å². The number of hydrogen-bond donors (Lipinski definition) is 6. The molecule has 2 amide bonds. The van der Waals surface area contributed by atoms with E-state index in [1.807, 2.05) is 0 Å². The van der Waals surface area contributed by atoms with Gasteiger partial charge in [-0.05, 0) is 36.8 Å². The van der Waals surface area contributed by atoms with Gasteiger partial charge in [-0.15, -0.1) is 0 Å². The molecule has 218 valence electrons. The Morgan fingerprint density at radius 1 is 1.17 bits per heavy atom. The molecule has 1 heterocycles. The Hall–Kier alpha value is -6.22. The molecule has 0 aromatic heterocycles. The van der Waals surface area contributed by atoms with Gasteiger partial charge in [-0.3, -0.25) is 24.5 Å². The molecule has 1 aliphatic rings. The highest BCUT2D eigenvalue weighted by Gasteiger charge is 2.45. The van der Waals surface area contributed by atoms with Crippen LogP contribution in [0.5, 0.6) is 11.5 Å². The van der Waals surface area contributed by atoms with Crippen molar-refractivity contribution in [2.75, 3.05) is 0 Å². The number of ether oxygens (including phenoxy) is 2. The number of carboxylic acid groups (broad SMARTS) is 1. The summed E-state index contributed by atoms with van der Waals surface area (Å²) in [4.78, 5) is 54.8. The van der Waals surface area contributed by atoms with Crippen molar-refractivity contribution in [1.29, 1.82) is 5.26 Å². The molecule has 0 fully saturated rings. The topological polar surface area (TPSA) is 315 Å². The molecule has 3 rings (SSSR count). The third-order valence-corrected chi connectivity index (χ3v) is 5.57. The molecule has 0 saturated heterocycles. The molecule has 18 nitrogen and oxygen atoms in total. The number of nitriles is 1. The standard InChI is InChI=1S/C24H24N10O8/c25-10-11-4-5-14(9-16(11)20(27)36)41-21-19(34(39)40)18(15(22(37)38)6-7-17(26)35)32-24(33(21)30)42-13-3-1-2-12(8-13)31-23(28)29/h1-5,8-9,15,24H,6-7,30H2,(H2,26,35)(H2,27,36)(H,37,38)(H4,28,29,31). The molecule has 0 radical (unpaired) electrons. The minimum atomic E-state index is -1.73. The Morgan fingerprint density at radius 2 is 1.88 bits per heavy atom. The number of benzene rings is 2. The van der Waals surface area contributed by atoms with E-state index in [-0.39, 0.29) is 34.3 Å². The van der Waals surface area contributed by atoms with Gasteiger partial charge < -0.3 is 37.5 Å². The molecular weight excluding hydrogens is 556 g/mol. The zero-order valence-electron chi connectivity index (χ0n) is 21.5. The number of nitrogens with two attached hydrogens (primary N) is 5. The number of carbonyl (C=O) groups is 3. The summed E-state index contributed by atoms with van der Waals surface area (Å²) in [6, 6.07) is 11.1. The van der Waals surface area contributed by atoms with Gasteiger partial charge in [0.2, 0.25) is 11.8 Å². The number of aliphatic imine (C=N–C) groups is 2. The number of hydrazine groups is 1. The molecule has 0 bridgehead atoms. The van der Waals surface area contributed by atoms with Gasteiger partial charge >= 0.3 is 11.7 Å². The van der Waals surface area contributed by atoms with E-state index in [9.17, 15) is 34.9 Å². The van der Waals surface area contributed by atoms with Crippen molar-refractivity contribution in [3.8, 4) is 17.6 Å². The van der Waals surface area contributed by atoms with Gasteiger partial charge in [-0.1, -0.05) is 6.07 Å². The van der Waals surface area contributed by atoms with Gasteiger partial charge in [0.15, 0.2) is 5.96 Å². The summed E-state index contributed by atoms with van der Waals surface area (Å²) in [6.45, 7) is 0. The predicted octanol–water partition coefficient (Wildman–Crippen LogP) is -0.654. The first kappa shape index (κ1) is 30.3. The van der Waals surface area contributed by atoms with E-state index in [1.165, 1.54) is 36.4 Å². The highest BCUT2D eigenvalue weighted by Crippen LogP contribution is 2.31. The lowest BCUT2D eigenvalue weighted by atomic mass is 9.94. The minimum Gasteiger partial charge on any atom is -0.481 e. The van der Waals surface area contributed by atoms with Crippen molar-refractivity contribution in [1.82, 2.24) is 5.01 Å². The Morgan fingerprint density at radius 3 is 2.45 bits per heavy atom. The number of carbonyl (C=O) groups excluding carboxylic acids is 2. The van der Waals surface area contributed by atoms with Crippen LogP contribution in [0.1, 0.15) is 28.8 Å². The lowest BCUT2D eigenvalue weighted by Crippen LogP contribution is -2.50. The molecule has 2 atom stereocenters. The Kier molecular flexibility index (Phi) is 9.21. The van der Waals surface area contributed by atoms with E-state index in [1.54, 1.807) is 6.07 Å². The van der Waals surface area contributed by atoms with Crippen molar-refractivity contribution in [3.05, 3.63) is 75.3 Å². The Bertz CT molecular complexity index is 1580. The summed E-state index contributed by atoms with van der Waals surface area (Å²) in [5.41, 5.74) is 19.6. The van der Waals surface area contributed by atoms with Crippen LogP contribution in [0.15, 0.2) is 64.0 Å². The molecule has 18 heteroatoms. The number of hydrogen-bond acceptors (Lipinski definition) is 12. The summed E-state index contributed by atoms with van der Waals surface area (Å²) < 4.78 is 11.5. The molecule has 2 unspecified atom stereocenters. The second-order valence-electron chi connectivity index (χ2n) is 8.49. The molecule has 2 aromatic carbocycles. The van der Waals surface area contributed by atoms with E-state index >= 15 is 0 Å². The van der Waals surface area contributed by atoms with Gasteiger partial charge in [-0.2, -0.15) is 5.26 Å². The summed E-state index contributed by atoms with van der Waals surface area (Å²) in [5, 5.41) is 32.0. The van der Waals surface area contributed by atoms with Crippen LogP contribution >= 0.6 is 0 Å². The van der Waals surface area contributed by atoms with Crippen LogP contribution in [0, 0.1) is 27.4 Å². The number of nitro groups is 1. The van der Waals surface area contributed by atoms with Crippen LogP contribution in [-0.2, 0) is 9.59 Å². The van der Waals surface area contributed by atoms with Crippen molar-refractivity contribution >= 4 is 35.1 Å². The maximum atomic E-state index is 12.3. The van der Waals surface area contributed by atoms with Crippen molar-refractivity contribution in [2.45, 2.75) is 19.2 Å². The molecule has 0 aliphatic carbocycles. The second kappa shape index (κ2) is 12.8. The summed E-state index contributed by atoms with van der Waals surface area (Å²) in [5.74, 6) is -0.160. The Labute approximate surface area is 236 Å². The zero-order valence-corrected chi connectivity index (χ0v) is 21.5. The fourth-order valence-electron chi connectivity index (χ4n) is 3.75. The van der Waals surface area contributed by atoms with Crippen LogP contribution in [0.4, 0.5) is 5.69 Å². The van der Waals surface area contributed by atoms with Gasteiger partial charge in [0.25, 0.3) is 12.2 Å². The van der Waals surface area contributed by atoms with Crippen molar-refractivity contribution in [3.63, 3.8) is 0 Å². The second-order valence-corrected chi connectivity index (χ2v) is 8.49. The molecular formula is C24H24N10O8. The largest absolute Gasteiger partial charge is 0.481 e. The van der Waals surface area contributed by atoms with Crippen LogP contribution in [0.2, 0.25) is 0 Å². The monoisotopic (exact) mass is 580 g/mol. The van der Waals surface area contributed by atoms with E-state index in [0.29, 0.717) is 5.01 Å². The number of guanidine groups is 1.